The van der Waals surface area contributed by atoms with E-state index >= 15 is 0 Å². The monoisotopic (exact) mass is 495 g/mol. The first-order valence-corrected chi connectivity index (χ1v) is 11.7. The molecule has 3 N–H and O–H groups in total. The lowest BCUT2D eigenvalue weighted by molar-refractivity contribution is -0.0640. The number of ether oxygens (including phenoxy) is 4. The second-order valence-corrected chi connectivity index (χ2v) is 8.13. The van der Waals surface area contributed by atoms with E-state index < -0.39 is 17.8 Å². The Kier molecular flexibility index (Phi) is 10.1. The summed E-state index contributed by atoms with van der Waals surface area (Å²) >= 11 is 0. The van der Waals surface area contributed by atoms with Crippen LogP contribution in [-0.2, 0) is 15.1 Å². The Bertz CT molecular complexity index is 1010. The lowest BCUT2D eigenvalue weighted by Gasteiger charge is -2.36. The minimum absolute atomic E-state index is 0.000326. The number of hydrogen-bond acceptors (Lipinski definition) is 6. The summed E-state index contributed by atoms with van der Waals surface area (Å²) in [6.45, 7) is 0.662. The van der Waals surface area contributed by atoms with Crippen molar-refractivity contribution in [2.45, 2.75) is 18.1 Å². The Hall–Kier alpha value is -3.59. The van der Waals surface area contributed by atoms with Gasteiger partial charge in [0.15, 0.2) is 0 Å². The molecule has 36 heavy (non-hydrogen) atoms. The normalized spacial score (nSPS) is 12.1. The zero-order valence-corrected chi connectivity index (χ0v) is 20.6. The average molecular weight is 496 g/mol. The summed E-state index contributed by atoms with van der Waals surface area (Å²) in [5.41, 5.74) is 1.61. The third kappa shape index (κ3) is 6.97. The first-order chi connectivity index (χ1) is 17.5. The summed E-state index contributed by atoms with van der Waals surface area (Å²) in [5.74, 6) is 1.45. The van der Waals surface area contributed by atoms with E-state index in [9.17, 15) is 9.90 Å². The van der Waals surface area contributed by atoms with Gasteiger partial charge in [-0.3, -0.25) is 0 Å². The predicted molar refractivity (Wildman–Crippen MR) is 136 cm³/mol. The molecule has 0 fully saturated rings. The molecule has 0 heterocycles. The van der Waals surface area contributed by atoms with Gasteiger partial charge in [-0.1, -0.05) is 54.6 Å². The minimum Gasteiger partial charge on any atom is -0.497 e. The Labute approximate surface area is 211 Å². The maximum Gasteiger partial charge on any atom is 0.404 e. The Morgan fingerprint density at radius 3 is 1.86 bits per heavy atom. The standard InChI is InChI=1S/C28H33NO7/c1-33-25-13-9-22(10-14-25)28(21-7-4-3-5-8-21,23-11-15-26(34-2)16-12-23)36-20-24(30)19-35-18-6-17-29-27(31)32/h3-5,7-16,24,29-30H,6,17-20H2,1-2H3,(H,31,32). The van der Waals surface area contributed by atoms with Crippen molar-refractivity contribution >= 4 is 6.09 Å². The van der Waals surface area contributed by atoms with E-state index in [1.807, 2.05) is 78.9 Å². The molecule has 0 radical (unpaired) electrons. The predicted octanol–water partition coefficient (Wildman–Crippen LogP) is 4.05. The molecule has 3 aromatic rings. The van der Waals surface area contributed by atoms with Gasteiger partial charge >= 0.3 is 6.09 Å². The molecule has 0 bridgehead atoms. The van der Waals surface area contributed by atoms with Crippen LogP contribution in [0.5, 0.6) is 11.5 Å². The van der Waals surface area contributed by atoms with Gasteiger partial charge in [0.05, 0.1) is 27.4 Å². The highest BCUT2D eigenvalue weighted by Gasteiger charge is 2.38. The summed E-state index contributed by atoms with van der Waals surface area (Å²) in [5, 5.41) is 21.6. The van der Waals surface area contributed by atoms with Gasteiger partial charge in [-0.2, -0.15) is 0 Å². The minimum atomic E-state index is -1.07. The number of aliphatic hydroxyl groups excluding tert-OH is 1. The van der Waals surface area contributed by atoms with E-state index in [4.69, 9.17) is 24.1 Å². The van der Waals surface area contributed by atoms with Crippen LogP contribution >= 0.6 is 0 Å². The molecule has 3 aromatic carbocycles. The first-order valence-electron chi connectivity index (χ1n) is 11.7. The fourth-order valence-corrected chi connectivity index (χ4v) is 3.93. The highest BCUT2D eigenvalue weighted by molar-refractivity contribution is 5.64. The van der Waals surface area contributed by atoms with Crippen LogP contribution in [0.1, 0.15) is 23.1 Å². The van der Waals surface area contributed by atoms with Crippen LogP contribution in [0.25, 0.3) is 0 Å². The summed E-state index contributed by atoms with van der Waals surface area (Å²) in [6.07, 6.45) is -1.46. The number of benzene rings is 3. The van der Waals surface area contributed by atoms with Crippen LogP contribution < -0.4 is 14.8 Å². The number of carboxylic acid groups (broad SMARTS) is 1. The smallest absolute Gasteiger partial charge is 0.404 e. The molecule has 0 spiro atoms. The zero-order valence-electron chi connectivity index (χ0n) is 20.6. The van der Waals surface area contributed by atoms with Crippen molar-refractivity contribution in [1.82, 2.24) is 5.32 Å². The third-order valence-corrected chi connectivity index (χ3v) is 5.72. The first kappa shape index (κ1) is 27.0. The van der Waals surface area contributed by atoms with Gasteiger partial charge in [0, 0.05) is 13.2 Å². The van der Waals surface area contributed by atoms with Gasteiger partial charge in [-0.15, -0.1) is 0 Å². The summed E-state index contributed by atoms with van der Waals surface area (Å²) in [6, 6.07) is 25.2. The number of rotatable bonds is 14. The maximum absolute atomic E-state index is 10.7. The fraction of sp³-hybridized carbons (Fsp3) is 0.321. The van der Waals surface area contributed by atoms with E-state index in [0.717, 1.165) is 28.2 Å². The number of methoxy groups -OCH3 is 2. The van der Waals surface area contributed by atoms with Crippen molar-refractivity contribution in [2.75, 3.05) is 40.6 Å². The molecule has 8 heteroatoms. The highest BCUT2D eigenvalue weighted by Crippen LogP contribution is 2.41. The van der Waals surface area contributed by atoms with Gasteiger partial charge in [0.2, 0.25) is 0 Å². The van der Waals surface area contributed by atoms with E-state index in [-0.39, 0.29) is 19.8 Å². The van der Waals surface area contributed by atoms with Gasteiger partial charge in [-0.05, 0) is 47.4 Å². The molecule has 0 saturated carbocycles. The number of hydrogen-bond donors (Lipinski definition) is 3. The molecule has 0 saturated heterocycles. The van der Waals surface area contributed by atoms with Crippen molar-refractivity contribution in [1.29, 1.82) is 0 Å². The molecule has 1 amide bonds. The molecule has 1 unspecified atom stereocenters. The maximum atomic E-state index is 10.7. The number of carbonyl (C=O) groups is 1. The number of amides is 1. The van der Waals surface area contributed by atoms with Crippen molar-refractivity contribution in [3.63, 3.8) is 0 Å². The van der Waals surface area contributed by atoms with Crippen LogP contribution in [0.2, 0.25) is 0 Å². The number of nitrogens with one attached hydrogen (secondary N) is 1. The van der Waals surface area contributed by atoms with Gasteiger partial charge in [0.25, 0.3) is 0 Å². The SMILES string of the molecule is COc1ccc(C(OCC(O)COCCCNC(=O)O)(c2ccccc2)c2ccc(OC)cc2)cc1. The van der Waals surface area contributed by atoms with E-state index in [0.29, 0.717) is 13.0 Å². The van der Waals surface area contributed by atoms with E-state index in [1.54, 1.807) is 14.2 Å². The van der Waals surface area contributed by atoms with Crippen LogP contribution in [0.3, 0.4) is 0 Å². The van der Waals surface area contributed by atoms with Crippen molar-refractivity contribution in [3.8, 4) is 11.5 Å². The third-order valence-electron chi connectivity index (χ3n) is 5.72. The number of aliphatic hydroxyl groups is 1. The topological polar surface area (TPSA) is 106 Å². The summed E-state index contributed by atoms with van der Waals surface area (Å²) in [7, 11) is 3.24. The fourth-order valence-electron chi connectivity index (χ4n) is 3.93. The summed E-state index contributed by atoms with van der Waals surface area (Å²) in [4.78, 5) is 10.5. The van der Waals surface area contributed by atoms with Gasteiger partial charge < -0.3 is 34.5 Å². The van der Waals surface area contributed by atoms with Crippen LogP contribution in [-0.4, -0.2) is 63.0 Å². The molecule has 0 aliphatic heterocycles. The van der Waals surface area contributed by atoms with Crippen LogP contribution in [0.15, 0.2) is 78.9 Å². The molecule has 3 rings (SSSR count). The van der Waals surface area contributed by atoms with Gasteiger partial charge in [-0.25, -0.2) is 4.79 Å². The zero-order chi connectivity index (χ0) is 25.8. The van der Waals surface area contributed by atoms with Crippen molar-refractivity contribution in [3.05, 3.63) is 95.6 Å². The molecular weight excluding hydrogens is 462 g/mol. The average Bonchev–Trinajstić information content (AvgIpc) is 2.92. The lowest BCUT2D eigenvalue weighted by atomic mass is 9.80. The lowest BCUT2D eigenvalue weighted by Crippen LogP contribution is -2.36. The molecule has 0 aliphatic rings. The Morgan fingerprint density at radius 2 is 1.36 bits per heavy atom. The second-order valence-electron chi connectivity index (χ2n) is 8.13. The molecule has 0 aromatic heterocycles. The van der Waals surface area contributed by atoms with Crippen LogP contribution in [0.4, 0.5) is 4.79 Å². The molecule has 1 atom stereocenters. The quantitative estimate of drug-likeness (QED) is 0.229. The molecule has 8 nitrogen and oxygen atoms in total. The Morgan fingerprint density at radius 1 is 0.833 bits per heavy atom. The largest absolute Gasteiger partial charge is 0.497 e. The van der Waals surface area contributed by atoms with Crippen molar-refractivity contribution in [2.24, 2.45) is 0 Å². The van der Waals surface area contributed by atoms with E-state index in [1.165, 1.54) is 0 Å². The highest BCUT2D eigenvalue weighted by atomic mass is 16.5. The second kappa shape index (κ2) is 13.5. The van der Waals surface area contributed by atoms with Crippen LogP contribution in [0, 0.1) is 0 Å². The molecule has 0 aliphatic carbocycles. The van der Waals surface area contributed by atoms with E-state index in [2.05, 4.69) is 5.32 Å². The Balaban J connectivity index is 1.87. The summed E-state index contributed by atoms with van der Waals surface area (Å²) < 4.78 is 22.8. The van der Waals surface area contributed by atoms with Gasteiger partial charge in [0.1, 0.15) is 23.2 Å². The molecular formula is C28H33NO7. The molecule has 192 valence electrons. The van der Waals surface area contributed by atoms with Crippen molar-refractivity contribution < 1.29 is 34.0 Å².